The van der Waals surface area contributed by atoms with Gasteiger partial charge in [-0.15, -0.1) is 0 Å². The molecule has 0 radical (unpaired) electrons. The molecule has 10 nitrogen and oxygen atoms in total. The summed E-state index contributed by atoms with van der Waals surface area (Å²) in [5.41, 5.74) is 11.3. The van der Waals surface area contributed by atoms with Gasteiger partial charge in [-0.3, -0.25) is 15.0 Å². The van der Waals surface area contributed by atoms with Gasteiger partial charge in [-0.1, -0.05) is 75.1 Å². The molecular formula is C33H44F3N5O5. The molecule has 0 saturated heterocycles. The van der Waals surface area contributed by atoms with Crippen LogP contribution in [0.2, 0.25) is 0 Å². The van der Waals surface area contributed by atoms with Crippen LogP contribution in [-0.4, -0.2) is 51.5 Å². The molecule has 13 heteroatoms. The minimum Gasteiger partial charge on any atom is -0.480 e. The molecule has 2 aromatic carbocycles. The monoisotopic (exact) mass is 647 g/mol. The van der Waals surface area contributed by atoms with Crippen molar-refractivity contribution < 1.29 is 37.8 Å². The largest absolute Gasteiger partial charge is 0.480 e. The number of nitrogens with zero attached hydrogens (tertiary/aromatic N) is 1. The van der Waals surface area contributed by atoms with Gasteiger partial charge < -0.3 is 31.9 Å². The van der Waals surface area contributed by atoms with Crippen molar-refractivity contribution in [2.24, 2.45) is 11.5 Å². The number of amides is 1. The first kappa shape index (κ1) is 39.5. The lowest BCUT2D eigenvalue weighted by Gasteiger charge is -2.21. The number of rotatable bonds is 15. The van der Waals surface area contributed by atoms with Crippen molar-refractivity contribution in [1.29, 1.82) is 5.41 Å². The number of unbranched alkanes of at least 4 members (excludes halogenated alkanes) is 6. The number of aliphatic carboxylic acids is 2. The molecule has 0 aromatic heterocycles. The molecule has 0 bridgehead atoms. The Morgan fingerprint density at radius 3 is 1.96 bits per heavy atom. The topological polar surface area (TPSA) is 183 Å². The number of carboxylic acid groups (broad SMARTS) is 2. The molecular weight excluding hydrogens is 603 g/mol. The van der Waals surface area contributed by atoms with Crippen LogP contribution < -0.4 is 16.8 Å². The van der Waals surface area contributed by atoms with Crippen LogP contribution in [0, 0.1) is 17.3 Å². The van der Waals surface area contributed by atoms with Gasteiger partial charge in [0.05, 0.1) is 5.56 Å². The quantitative estimate of drug-likeness (QED) is 0.0508. The van der Waals surface area contributed by atoms with Gasteiger partial charge in [0.25, 0.3) is 0 Å². The van der Waals surface area contributed by atoms with Gasteiger partial charge in [-0.2, -0.15) is 13.2 Å². The predicted molar refractivity (Wildman–Crippen MR) is 169 cm³/mol. The van der Waals surface area contributed by atoms with Crippen LogP contribution in [0.25, 0.3) is 0 Å². The minimum atomic E-state index is -4.46. The molecule has 46 heavy (non-hydrogen) atoms. The van der Waals surface area contributed by atoms with Gasteiger partial charge in [-0.05, 0) is 54.7 Å². The van der Waals surface area contributed by atoms with E-state index in [0.29, 0.717) is 30.5 Å². The number of carbonyl (C=O) groups excluding carboxylic acids is 1. The number of hydrogen-bond acceptors (Lipinski definition) is 5. The number of nitrogens with two attached hydrogens (primary N) is 2. The minimum absolute atomic E-state index is 0.0115. The van der Waals surface area contributed by atoms with Gasteiger partial charge in [0.1, 0.15) is 6.04 Å². The molecule has 252 valence electrons. The normalized spacial score (nSPS) is 11.2. The molecule has 0 aliphatic carbocycles. The molecule has 0 heterocycles. The Bertz CT molecular complexity index is 1310. The molecule has 0 aliphatic rings. The number of carbonyl (C=O) groups is 3. The summed E-state index contributed by atoms with van der Waals surface area (Å²) in [5, 5.41) is 26.9. The van der Waals surface area contributed by atoms with Crippen LogP contribution in [0.1, 0.15) is 87.0 Å². The molecule has 2 rings (SSSR count). The van der Waals surface area contributed by atoms with Crippen molar-refractivity contribution in [3.63, 3.8) is 0 Å². The zero-order valence-corrected chi connectivity index (χ0v) is 26.0. The van der Waals surface area contributed by atoms with Crippen molar-refractivity contribution in [3.8, 4) is 11.8 Å². The summed E-state index contributed by atoms with van der Waals surface area (Å²) in [7, 11) is 0. The zero-order chi connectivity index (χ0) is 34.5. The summed E-state index contributed by atoms with van der Waals surface area (Å²) in [6, 6.07) is 10.7. The van der Waals surface area contributed by atoms with Crippen molar-refractivity contribution in [3.05, 3.63) is 70.8 Å². The number of carboxylic acids is 2. The average molecular weight is 648 g/mol. The third-order valence-corrected chi connectivity index (χ3v) is 6.66. The van der Waals surface area contributed by atoms with E-state index in [1.807, 2.05) is 12.1 Å². The second-order valence-corrected chi connectivity index (χ2v) is 10.6. The maximum atomic E-state index is 12.8. The summed E-state index contributed by atoms with van der Waals surface area (Å²) in [5.74, 6) is 2.41. The maximum Gasteiger partial charge on any atom is 0.416 e. The van der Waals surface area contributed by atoms with E-state index in [4.69, 9.17) is 27.1 Å². The second-order valence-electron chi connectivity index (χ2n) is 10.6. The Morgan fingerprint density at radius 1 is 0.913 bits per heavy atom. The summed E-state index contributed by atoms with van der Waals surface area (Å²) in [6.07, 6.45) is 4.61. The molecule has 0 saturated carbocycles. The predicted octanol–water partition coefficient (Wildman–Crippen LogP) is 5.08. The lowest BCUT2D eigenvalue weighted by molar-refractivity contribution is -0.156. The van der Waals surface area contributed by atoms with Gasteiger partial charge in [0.15, 0.2) is 5.96 Å². The Morgan fingerprint density at radius 2 is 1.46 bits per heavy atom. The van der Waals surface area contributed by atoms with Gasteiger partial charge in [-0.25, -0.2) is 4.79 Å². The highest BCUT2D eigenvalue weighted by Crippen LogP contribution is 2.29. The molecule has 1 atom stereocenters. The molecule has 0 unspecified atom stereocenters. The van der Waals surface area contributed by atoms with Crippen LogP contribution in [0.15, 0.2) is 48.5 Å². The third-order valence-electron chi connectivity index (χ3n) is 6.66. The fraction of sp³-hybridized carbons (Fsp3) is 0.455. The highest BCUT2D eigenvalue weighted by atomic mass is 19.4. The Labute approximate surface area is 267 Å². The number of hydrogen-bond donors (Lipinski definition) is 6. The highest BCUT2D eigenvalue weighted by Gasteiger charge is 2.30. The summed E-state index contributed by atoms with van der Waals surface area (Å²) < 4.78 is 38.3. The van der Waals surface area contributed by atoms with Crippen molar-refractivity contribution in [2.45, 2.75) is 90.0 Å². The van der Waals surface area contributed by atoms with E-state index >= 15 is 0 Å². The molecule has 0 spiro atoms. The molecule has 8 N–H and O–H groups in total. The number of nitrogens with one attached hydrogen (secondary N) is 2. The zero-order valence-electron chi connectivity index (χ0n) is 26.0. The standard InChI is InChI=1S/C27H30F3NO3.C6H14N4O2/c1-2-3-4-5-6-7-8-9-10-21-11-13-22(14-12-21)19-31(25(32)26(33)34)20-23-15-17-24(18-16-23)27(28,29)30;7-4(5(11)12)2-1-3-10-6(8)9/h11-18H,2-8,19-20H2,1H3,(H,33,34);4H,1-3,7H2,(H,11,12)(H4,8,9,10)/t;4-/m.0/s1. The summed E-state index contributed by atoms with van der Waals surface area (Å²) >= 11 is 0. The Balaban J connectivity index is 0.000000745. The van der Waals surface area contributed by atoms with Crippen LogP contribution in [0.4, 0.5) is 13.2 Å². The van der Waals surface area contributed by atoms with Crippen molar-refractivity contribution in [2.75, 3.05) is 6.54 Å². The van der Waals surface area contributed by atoms with E-state index in [2.05, 4.69) is 24.1 Å². The first-order valence-electron chi connectivity index (χ1n) is 15.1. The SMILES string of the molecule is CCCCCCCCC#Cc1ccc(CN(Cc2ccc(C(F)(F)F)cc2)C(=O)C(=O)O)cc1.N=C(N)NCCC[C@H](N)C(=O)O. The van der Waals surface area contributed by atoms with E-state index in [9.17, 15) is 27.6 Å². The fourth-order valence-corrected chi connectivity index (χ4v) is 4.09. The first-order chi connectivity index (χ1) is 21.7. The van der Waals surface area contributed by atoms with E-state index in [1.165, 1.54) is 44.2 Å². The first-order valence-corrected chi connectivity index (χ1v) is 15.1. The van der Waals surface area contributed by atoms with Gasteiger partial charge >= 0.3 is 24.0 Å². The van der Waals surface area contributed by atoms with Crippen molar-refractivity contribution >= 4 is 23.8 Å². The van der Waals surface area contributed by atoms with Crippen LogP contribution in [-0.2, 0) is 33.6 Å². The molecule has 0 fully saturated rings. The lowest BCUT2D eigenvalue weighted by Crippen LogP contribution is -2.35. The number of alkyl halides is 3. The lowest BCUT2D eigenvalue weighted by atomic mass is 10.1. The van der Waals surface area contributed by atoms with Crippen LogP contribution >= 0.6 is 0 Å². The second kappa shape index (κ2) is 21.2. The molecule has 1 amide bonds. The third kappa shape index (κ3) is 17.1. The fourth-order valence-electron chi connectivity index (χ4n) is 4.09. The molecule has 0 aliphatic heterocycles. The van der Waals surface area contributed by atoms with Gasteiger partial charge in [0, 0.05) is 31.6 Å². The Kier molecular flexibility index (Phi) is 18.2. The summed E-state index contributed by atoms with van der Waals surface area (Å²) in [6.45, 7) is 2.56. The van der Waals surface area contributed by atoms with Crippen molar-refractivity contribution in [1.82, 2.24) is 10.2 Å². The van der Waals surface area contributed by atoms with Crippen LogP contribution in [0.3, 0.4) is 0 Å². The smallest absolute Gasteiger partial charge is 0.416 e. The van der Waals surface area contributed by atoms with E-state index in [1.54, 1.807) is 12.1 Å². The summed E-state index contributed by atoms with van der Waals surface area (Å²) in [4.78, 5) is 34.7. The van der Waals surface area contributed by atoms with Crippen LogP contribution in [0.5, 0.6) is 0 Å². The number of guanidine groups is 1. The maximum absolute atomic E-state index is 12.8. The van der Waals surface area contributed by atoms with E-state index in [0.717, 1.165) is 35.4 Å². The average Bonchev–Trinajstić information content (AvgIpc) is 3.00. The Hall–Kier alpha value is -4.57. The van der Waals surface area contributed by atoms with E-state index < -0.39 is 35.6 Å². The van der Waals surface area contributed by atoms with Gasteiger partial charge in [0.2, 0.25) is 0 Å². The number of benzene rings is 2. The van der Waals surface area contributed by atoms with E-state index in [-0.39, 0.29) is 19.0 Å². The molecule has 2 aromatic rings. The highest BCUT2D eigenvalue weighted by molar-refractivity contribution is 6.31. The number of halogens is 3.